The minimum atomic E-state index is -0.579. The molecule has 158 valence electrons. The first kappa shape index (κ1) is 19.5. The zero-order valence-electron chi connectivity index (χ0n) is 16.9. The molecule has 1 aromatic carbocycles. The van der Waals surface area contributed by atoms with Gasteiger partial charge >= 0.3 is 5.97 Å². The highest BCUT2D eigenvalue weighted by molar-refractivity contribution is 6.32. The van der Waals surface area contributed by atoms with E-state index in [1.165, 1.54) is 0 Å². The van der Waals surface area contributed by atoms with Crippen molar-refractivity contribution in [2.24, 2.45) is 0 Å². The van der Waals surface area contributed by atoms with Crippen LogP contribution < -0.4 is 14.8 Å². The van der Waals surface area contributed by atoms with Crippen LogP contribution in [0.1, 0.15) is 63.4 Å². The quantitative estimate of drug-likeness (QED) is 0.712. The van der Waals surface area contributed by atoms with Crippen LogP contribution in [0, 0.1) is 0 Å². The van der Waals surface area contributed by atoms with Gasteiger partial charge in [0.1, 0.15) is 6.10 Å². The van der Waals surface area contributed by atoms with E-state index in [0.29, 0.717) is 45.3 Å². The lowest BCUT2D eigenvalue weighted by atomic mass is 9.75. The number of halogens is 1. The predicted molar refractivity (Wildman–Crippen MR) is 110 cm³/mol. The summed E-state index contributed by atoms with van der Waals surface area (Å²) in [4.78, 5) is 26.3. The van der Waals surface area contributed by atoms with Crippen LogP contribution in [-0.4, -0.2) is 24.6 Å². The molecule has 1 fully saturated rings. The number of nitrogens with one attached hydrogen (secondary N) is 1. The van der Waals surface area contributed by atoms with E-state index >= 15 is 0 Å². The Morgan fingerprint density at radius 2 is 1.87 bits per heavy atom. The predicted octanol–water partition coefficient (Wildman–Crippen LogP) is 4.52. The van der Waals surface area contributed by atoms with Gasteiger partial charge in [0.05, 0.1) is 5.57 Å². The van der Waals surface area contributed by atoms with Crippen LogP contribution in [0.4, 0.5) is 0 Å². The highest BCUT2D eigenvalue weighted by Crippen LogP contribution is 2.48. The molecule has 1 atom stereocenters. The second-order valence-corrected chi connectivity index (χ2v) is 8.71. The summed E-state index contributed by atoms with van der Waals surface area (Å²) < 4.78 is 16.8. The van der Waals surface area contributed by atoms with E-state index in [0.717, 1.165) is 44.2 Å². The molecule has 0 bridgehead atoms. The molecular formula is C23H24ClNO5. The Hall–Kier alpha value is -2.47. The van der Waals surface area contributed by atoms with E-state index in [9.17, 15) is 9.59 Å². The van der Waals surface area contributed by atoms with Crippen LogP contribution in [0.25, 0.3) is 0 Å². The molecule has 0 unspecified atom stereocenters. The third-order valence-corrected chi connectivity index (χ3v) is 6.70. The first-order chi connectivity index (χ1) is 14.5. The van der Waals surface area contributed by atoms with Crippen LogP contribution in [0.3, 0.4) is 0 Å². The Balaban J connectivity index is 1.61. The number of fused-ring (bicyclic) bond motifs is 1. The number of allylic oxidation sites excluding steroid dienone is 3. The summed E-state index contributed by atoms with van der Waals surface area (Å²) in [6, 6.07) is 3.49. The van der Waals surface area contributed by atoms with Gasteiger partial charge in [0.25, 0.3) is 0 Å². The van der Waals surface area contributed by atoms with Gasteiger partial charge in [-0.15, -0.1) is 0 Å². The largest absolute Gasteiger partial charge is 0.459 e. The number of hydrogen-bond acceptors (Lipinski definition) is 6. The number of rotatable bonds is 3. The van der Waals surface area contributed by atoms with Crippen molar-refractivity contribution in [3.8, 4) is 11.5 Å². The van der Waals surface area contributed by atoms with Crippen LogP contribution in [0.15, 0.2) is 34.7 Å². The average Bonchev–Trinajstić information content (AvgIpc) is 3.38. The third kappa shape index (κ3) is 3.27. The lowest BCUT2D eigenvalue weighted by Crippen LogP contribution is -2.35. The zero-order valence-corrected chi connectivity index (χ0v) is 17.6. The minimum Gasteiger partial charge on any atom is -0.459 e. The number of ether oxygens (including phenoxy) is 3. The Labute approximate surface area is 180 Å². The molecule has 1 aromatic rings. The number of esters is 1. The fourth-order valence-electron chi connectivity index (χ4n) is 4.94. The van der Waals surface area contributed by atoms with Gasteiger partial charge < -0.3 is 19.5 Å². The van der Waals surface area contributed by atoms with E-state index in [4.69, 9.17) is 25.8 Å². The van der Waals surface area contributed by atoms with Gasteiger partial charge in [-0.05, 0) is 57.1 Å². The van der Waals surface area contributed by atoms with Gasteiger partial charge in [-0.2, -0.15) is 0 Å². The lowest BCUT2D eigenvalue weighted by Gasteiger charge is -2.34. The van der Waals surface area contributed by atoms with Crippen molar-refractivity contribution in [2.45, 2.75) is 63.9 Å². The standard InChI is InChI=1S/C23H24ClNO5/c1-12-20(23(27)30-13-5-2-3-6-13)21(22-16(25-12)7-4-8-17(22)26)14-9-18-19(10-15(14)24)29-11-28-18/h9-10,13,21,25H,2-8,11H2,1H3/t21-/m1/s1. The lowest BCUT2D eigenvalue weighted by molar-refractivity contribution is -0.144. The average molecular weight is 430 g/mol. The summed E-state index contributed by atoms with van der Waals surface area (Å²) in [5, 5.41) is 3.75. The van der Waals surface area contributed by atoms with Crippen molar-refractivity contribution in [3.63, 3.8) is 0 Å². The number of ketones is 1. The topological polar surface area (TPSA) is 73.9 Å². The molecule has 0 amide bonds. The fraction of sp³-hybridized carbons (Fsp3) is 0.478. The van der Waals surface area contributed by atoms with E-state index in [-0.39, 0.29) is 24.6 Å². The number of benzene rings is 1. The maximum absolute atomic E-state index is 13.3. The molecule has 4 aliphatic rings. The summed E-state index contributed by atoms with van der Waals surface area (Å²) in [5.74, 6) is 0.221. The molecular weight excluding hydrogens is 406 g/mol. The molecule has 0 radical (unpaired) electrons. The monoisotopic (exact) mass is 429 g/mol. The first-order valence-electron chi connectivity index (χ1n) is 10.6. The number of carbonyl (C=O) groups is 2. The Morgan fingerprint density at radius 3 is 2.63 bits per heavy atom. The number of carbonyl (C=O) groups excluding carboxylic acids is 2. The molecule has 2 heterocycles. The summed E-state index contributed by atoms with van der Waals surface area (Å²) >= 11 is 6.64. The molecule has 1 saturated carbocycles. The van der Waals surface area contributed by atoms with Gasteiger partial charge in [0.2, 0.25) is 6.79 Å². The number of dihydropyridines is 1. The van der Waals surface area contributed by atoms with Gasteiger partial charge in [0, 0.05) is 40.4 Å². The van der Waals surface area contributed by atoms with Crippen molar-refractivity contribution in [1.29, 1.82) is 0 Å². The van der Waals surface area contributed by atoms with E-state index in [1.807, 2.05) is 6.92 Å². The first-order valence-corrected chi connectivity index (χ1v) is 10.9. The van der Waals surface area contributed by atoms with Crippen molar-refractivity contribution in [1.82, 2.24) is 5.32 Å². The van der Waals surface area contributed by atoms with Gasteiger partial charge in [-0.25, -0.2) is 4.79 Å². The fourth-order valence-corrected chi connectivity index (χ4v) is 5.20. The molecule has 0 saturated heterocycles. The van der Waals surface area contributed by atoms with E-state index in [2.05, 4.69) is 5.32 Å². The second kappa shape index (κ2) is 7.65. The Kier molecular flexibility index (Phi) is 4.97. The van der Waals surface area contributed by atoms with Gasteiger partial charge in [-0.1, -0.05) is 11.6 Å². The molecule has 30 heavy (non-hydrogen) atoms. The Bertz CT molecular complexity index is 990. The summed E-state index contributed by atoms with van der Waals surface area (Å²) in [6.07, 6.45) is 5.86. The van der Waals surface area contributed by atoms with Crippen molar-refractivity contribution in [2.75, 3.05) is 6.79 Å². The van der Waals surface area contributed by atoms with Crippen molar-refractivity contribution in [3.05, 3.63) is 45.3 Å². The third-order valence-electron chi connectivity index (χ3n) is 6.37. The summed E-state index contributed by atoms with van der Waals surface area (Å²) in [6.45, 7) is 1.99. The zero-order chi connectivity index (χ0) is 20.8. The van der Waals surface area contributed by atoms with Gasteiger partial charge in [-0.3, -0.25) is 4.79 Å². The van der Waals surface area contributed by atoms with E-state index in [1.54, 1.807) is 12.1 Å². The minimum absolute atomic E-state index is 0.0427. The molecule has 0 aromatic heterocycles. The van der Waals surface area contributed by atoms with Crippen LogP contribution >= 0.6 is 11.6 Å². The van der Waals surface area contributed by atoms with Crippen molar-refractivity contribution < 1.29 is 23.8 Å². The maximum Gasteiger partial charge on any atom is 0.337 e. The molecule has 0 spiro atoms. The highest BCUT2D eigenvalue weighted by atomic mass is 35.5. The van der Waals surface area contributed by atoms with E-state index < -0.39 is 5.92 Å². The summed E-state index contributed by atoms with van der Waals surface area (Å²) in [7, 11) is 0. The highest BCUT2D eigenvalue weighted by Gasteiger charge is 2.41. The molecule has 2 aliphatic carbocycles. The number of hydrogen-bond donors (Lipinski definition) is 1. The molecule has 5 rings (SSSR count). The Morgan fingerprint density at radius 1 is 1.13 bits per heavy atom. The normalized spacial score (nSPS) is 23.5. The second-order valence-electron chi connectivity index (χ2n) is 8.30. The summed E-state index contributed by atoms with van der Waals surface area (Å²) in [5.41, 5.74) is 3.33. The maximum atomic E-state index is 13.3. The van der Waals surface area contributed by atoms with Crippen molar-refractivity contribution >= 4 is 23.4 Å². The molecule has 6 nitrogen and oxygen atoms in total. The van der Waals surface area contributed by atoms with Crippen LogP contribution in [0.2, 0.25) is 5.02 Å². The van der Waals surface area contributed by atoms with Gasteiger partial charge in [0.15, 0.2) is 17.3 Å². The van der Waals surface area contributed by atoms with Crippen LogP contribution in [0.5, 0.6) is 11.5 Å². The molecule has 1 N–H and O–H groups in total. The number of Topliss-reactive ketones (excluding diaryl/α,β-unsaturated/α-hetero) is 1. The smallest absolute Gasteiger partial charge is 0.337 e. The van der Waals surface area contributed by atoms with Crippen LogP contribution in [-0.2, 0) is 14.3 Å². The molecule has 7 heteroatoms. The SMILES string of the molecule is CC1=C(C(=O)OC2CCCC2)[C@@H](c2cc3c(cc2Cl)OCO3)C2=C(CCCC2=O)N1. The molecule has 2 aliphatic heterocycles.